The number of amides is 1. The van der Waals surface area contributed by atoms with Gasteiger partial charge in [0.25, 0.3) is 0 Å². The molecule has 0 fully saturated rings. The third-order valence-electron chi connectivity index (χ3n) is 12.9. The third kappa shape index (κ3) is 48.1. The van der Waals surface area contributed by atoms with Crippen molar-refractivity contribution in [3.8, 4) is 0 Å². The molecule has 0 aliphatic heterocycles. The van der Waals surface area contributed by atoms with Gasteiger partial charge in [0.15, 0.2) is 0 Å². The number of aliphatic hydroxyl groups excluding tert-OH is 2. The molecule has 0 saturated carbocycles. The number of carbonyl (C=O) groups excluding carboxylic acids is 2. The summed E-state index contributed by atoms with van der Waals surface area (Å²) in [6, 6.07) is -0.707. The highest BCUT2D eigenvalue weighted by atomic mass is 16.5. The topological polar surface area (TPSA) is 95.9 Å². The van der Waals surface area contributed by atoms with Gasteiger partial charge < -0.3 is 20.3 Å². The monoisotopic (exact) mass is 912 g/mol. The van der Waals surface area contributed by atoms with Gasteiger partial charge in [-0.2, -0.15) is 0 Å². The predicted molar refractivity (Wildman–Crippen MR) is 282 cm³/mol. The number of hydrogen-bond donors (Lipinski definition) is 3. The summed E-state index contributed by atoms with van der Waals surface area (Å²) in [7, 11) is 0. The molecular formula is C59H109NO5. The van der Waals surface area contributed by atoms with Crippen LogP contribution in [0.3, 0.4) is 0 Å². The smallest absolute Gasteiger partial charge is 0.306 e. The molecule has 0 aliphatic rings. The zero-order valence-electron chi connectivity index (χ0n) is 43.4. The van der Waals surface area contributed by atoms with Gasteiger partial charge in [-0.1, -0.05) is 262 Å². The largest absolute Gasteiger partial charge is 0.462 e. The van der Waals surface area contributed by atoms with Crippen molar-refractivity contribution in [1.82, 2.24) is 5.32 Å². The average Bonchev–Trinajstić information content (AvgIpc) is 3.30. The number of allylic oxidation sites excluding steroid dienone is 8. The predicted octanol–water partition coefficient (Wildman–Crippen LogP) is 17.4. The molecule has 1 amide bonds. The van der Waals surface area contributed by atoms with E-state index in [1.807, 2.05) is 0 Å². The molecule has 0 radical (unpaired) electrons. The first-order valence-corrected chi connectivity index (χ1v) is 28.4. The van der Waals surface area contributed by atoms with Gasteiger partial charge in [-0.15, -0.1) is 0 Å². The highest BCUT2D eigenvalue weighted by Gasteiger charge is 2.24. The number of ether oxygens (including phenoxy) is 1. The lowest BCUT2D eigenvalue weighted by atomic mass is 10.0. The number of unbranched alkanes of at least 4 members (excludes halogenated alkanes) is 31. The lowest BCUT2D eigenvalue weighted by molar-refractivity contribution is -0.151. The van der Waals surface area contributed by atoms with Crippen molar-refractivity contribution < 1.29 is 24.5 Å². The maximum atomic E-state index is 13.3. The van der Waals surface area contributed by atoms with Gasteiger partial charge in [0.05, 0.1) is 25.2 Å². The minimum Gasteiger partial charge on any atom is -0.462 e. The van der Waals surface area contributed by atoms with Gasteiger partial charge in [0, 0.05) is 6.42 Å². The summed E-state index contributed by atoms with van der Waals surface area (Å²) in [5.41, 5.74) is 0. The molecule has 0 aliphatic carbocycles. The van der Waals surface area contributed by atoms with Gasteiger partial charge in [0.1, 0.15) is 6.10 Å². The fourth-order valence-corrected chi connectivity index (χ4v) is 8.66. The summed E-state index contributed by atoms with van der Waals surface area (Å²) >= 11 is 0. The molecule has 3 unspecified atom stereocenters. The van der Waals surface area contributed by atoms with Crippen LogP contribution in [0.25, 0.3) is 0 Å². The highest BCUT2D eigenvalue weighted by Crippen LogP contribution is 2.19. The van der Waals surface area contributed by atoms with Crippen LogP contribution < -0.4 is 5.32 Å². The molecule has 0 bridgehead atoms. The molecule has 0 aromatic carbocycles. The van der Waals surface area contributed by atoms with Crippen molar-refractivity contribution in [2.45, 2.75) is 309 Å². The lowest BCUT2D eigenvalue weighted by Crippen LogP contribution is -2.46. The van der Waals surface area contributed by atoms with Gasteiger partial charge in [-0.3, -0.25) is 9.59 Å². The minimum absolute atomic E-state index is 0.0676. The van der Waals surface area contributed by atoms with Crippen molar-refractivity contribution in [1.29, 1.82) is 0 Å². The van der Waals surface area contributed by atoms with E-state index in [4.69, 9.17) is 4.74 Å². The van der Waals surface area contributed by atoms with Crippen LogP contribution in [0.15, 0.2) is 48.6 Å². The Bertz CT molecular complexity index is 1110. The number of esters is 1. The normalized spacial score (nSPS) is 13.5. The summed E-state index contributed by atoms with van der Waals surface area (Å²) in [5, 5.41) is 23.9. The van der Waals surface area contributed by atoms with Crippen LogP contribution in [0.5, 0.6) is 0 Å². The van der Waals surface area contributed by atoms with Gasteiger partial charge in [0.2, 0.25) is 5.91 Å². The van der Waals surface area contributed by atoms with E-state index in [2.05, 4.69) is 74.7 Å². The fraction of sp³-hybridized carbons (Fsp3) is 0.831. The van der Waals surface area contributed by atoms with Crippen LogP contribution in [0, 0.1) is 0 Å². The molecule has 3 atom stereocenters. The van der Waals surface area contributed by atoms with E-state index in [-0.39, 0.29) is 24.9 Å². The zero-order valence-corrected chi connectivity index (χ0v) is 43.4. The van der Waals surface area contributed by atoms with Gasteiger partial charge in [-0.05, 0) is 64.2 Å². The number of aliphatic hydroxyl groups is 2. The summed E-state index contributed by atoms with van der Waals surface area (Å²) in [4.78, 5) is 26.2. The van der Waals surface area contributed by atoms with E-state index in [0.717, 1.165) is 77.0 Å². The fourth-order valence-electron chi connectivity index (χ4n) is 8.66. The molecule has 0 spiro atoms. The molecule has 0 rings (SSSR count). The molecule has 0 aromatic heterocycles. The second kappa shape index (κ2) is 52.8. The van der Waals surface area contributed by atoms with E-state index in [1.54, 1.807) is 0 Å². The van der Waals surface area contributed by atoms with E-state index < -0.39 is 18.2 Å². The standard InChI is InChI=1S/C59H109NO5/c1-4-7-10-13-16-19-22-25-27-29-30-33-36-39-42-45-48-51-57(62)56(54-61)60-58(63)53-55(50-47-44-41-38-35-32-24-21-18-15-12-9-6-3)65-59(64)52-49-46-43-40-37-34-31-28-26-23-20-17-14-11-8-5-2/h8,11,17,20,26,28,34,37,55-57,61-62H,4-7,9-10,12-16,18-19,21-25,27,29-33,35-36,38-54H2,1-3H3,(H,60,63)/b11-8+,20-17+,28-26+,37-34+. The maximum absolute atomic E-state index is 13.3. The van der Waals surface area contributed by atoms with Crippen LogP contribution in [0.1, 0.15) is 290 Å². The molecule has 0 aromatic rings. The van der Waals surface area contributed by atoms with Gasteiger partial charge in [-0.25, -0.2) is 0 Å². The first-order valence-electron chi connectivity index (χ1n) is 28.4. The van der Waals surface area contributed by atoms with E-state index >= 15 is 0 Å². The SMILES string of the molecule is CC/C=C/C/C=C/C/C=C/C/C=C/CCCCCC(=O)OC(CCCCCCCCCCCCCCC)CC(=O)NC(CO)C(O)CCCCCCCCCCCCCCCCCCC. The van der Waals surface area contributed by atoms with Gasteiger partial charge >= 0.3 is 5.97 Å². The lowest BCUT2D eigenvalue weighted by Gasteiger charge is -2.24. The van der Waals surface area contributed by atoms with Crippen LogP contribution >= 0.6 is 0 Å². The molecule has 3 N–H and O–H groups in total. The molecule has 6 heteroatoms. The molecule has 0 heterocycles. The van der Waals surface area contributed by atoms with Crippen molar-refractivity contribution in [3.05, 3.63) is 48.6 Å². The van der Waals surface area contributed by atoms with Crippen LogP contribution in [-0.4, -0.2) is 46.9 Å². The summed E-state index contributed by atoms with van der Waals surface area (Å²) in [6.07, 6.45) is 64.6. The molecule has 6 nitrogen and oxygen atoms in total. The Kier molecular flexibility index (Phi) is 51.0. The van der Waals surface area contributed by atoms with Crippen LogP contribution in [0.2, 0.25) is 0 Å². The van der Waals surface area contributed by atoms with Crippen molar-refractivity contribution in [3.63, 3.8) is 0 Å². The number of hydrogen-bond acceptors (Lipinski definition) is 5. The summed E-state index contributed by atoms with van der Waals surface area (Å²) < 4.78 is 5.94. The zero-order chi connectivity index (χ0) is 47.4. The van der Waals surface area contributed by atoms with E-state index in [1.165, 1.54) is 167 Å². The molecular weight excluding hydrogens is 803 g/mol. The van der Waals surface area contributed by atoms with E-state index in [0.29, 0.717) is 19.3 Å². The Morgan fingerprint density at radius 3 is 1.25 bits per heavy atom. The first kappa shape index (κ1) is 62.8. The minimum atomic E-state index is -0.793. The quantitative estimate of drug-likeness (QED) is 0.0321. The number of carbonyl (C=O) groups is 2. The van der Waals surface area contributed by atoms with Crippen molar-refractivity contribution >= 4 is 11.9 Å². The molecule has 0 saturated heterocycles. The second-order valence-corrected chi connectivity index (χ2v) is 19.3. The first-order chi connectivity index (χ1) is 32.0. The Morgan fingerprint density at radius 1 is 0.462 bits per heavy atom. The summed E-state index contributed by atoms with van der Waals surface area (Å²) in [6.45, 7) is 6.39. The van der Waals surface area contributed by atoms with Crippen LogP contribution in [0.4, 0.5) is 0 Å². The van der Waals surface area contributed by atoms with Crippen molar-refractivity contribution in [2.24, 2.45) is 0 Å². The average molecular weight is 913 g/mol. The number of rotatable bonds is 51. The number of nitrogens with one attached hydrogen (secondary N) is 1. The Balaban J connectivity index is 4.54. The Morgan fingerprint density at radius 2 is 0.831 bits per heavy atom. The van der Waals surface area contributed by atoms with Crippen molar-refractivity contribution in [2.75, 3.05) is 6.61 Å². The molecule has 65 heavy (non-hydrogen) atoms. The molecule has 380 valence electrons. The maximum Gasteiger partial charge on any atom is 0.306 e. The Hall–Kier alpha value is -2.18. The summed E-state index contributed by atoms with van der Waals surface area (Å²) in [5.74, 6) is -0.498. The second-order valence-electron chi connectivity index (χ2n) is 19.3. The highest BCUT2D eigenvalue weighted by molar-refractivity contribution is 5.77. The Labute approximate surface area is 404 Å². The van der Waals surface area contributed by atoms with E-state index in [9.17, 15) is 19.8 Å². The van der Waals surface area contributed by atoms with Crippen LogP contribution in [-0.2, 0) is 14.3 Å². The third-order valence-corrected chi connectivity index (χ3v) is 12.9.